The Morgan fingerprint density at radius 2 is 1.88 bits per heavy atom. The maximum absolute atomic E-state index is 10.6. The lowest BCUT2D eigenvalue weighted by atomic mass is 9.89. The van der Waals surface area contributed by atoms with Gasteiger partial charge in [-0.25, -0.2) is 0 Å². The molecule has 0 amide bonds. The number of benzene rings is 1. The molecule has 1 heterocycles. The average molecular weight is 278 g/mol. The normalized spacial score (nSPS) is 14.4. The molecule has 0 saturated heterocycles. The van der Waals surface area contributed by atoms with Gasteiger partial charge in [0.25, 0.3) is 0 Å². The molecular weight excluding hydrogens is 266 g/mol. The molecule has 0 fully saturated rings. The summed E-state index contributed by atoms with van der Waals surface area (Å²) < 4.78 is 0.809. The number of pyridine rings is 1. The van der Waals surface area contributed by atoms with Gasteiger partial charge in [0, 0.05) is 22.4 Å². The van der Waals surface area contributed by atoms with Gasteiger partial charge in [0.1, 0.15) is 5.60 Å². The third kappa shape index (κ3) is 2.01. The summed E-state index contributed by atoms with van der Waals surface area (Å²) in [5.41, 5.74) is 0.666. The second kappa shape index (κ2) is 4.36. The Balaban J connectivity index is 2.51. The maximum atomic E-state index is 10.6. The summed E-state index contributed by atoms with van der Waals surface area (Å²) in [5.74, 6) is 0. The summed E-state index contributed by atoms with van der Waals surface area (Å²) in [7, 11) is 0. The van der Waals surface area contributed by atoms with Crippen molar-refractivity contribution in [1.82, 2.24) is 4.98 Å². The first-order valence-corrected chi connectivity index (χ1v) is 5.79. The number of nitrogens with zero attached hydrogens (tertiary/aromatic N) is 1. The molecule has 0 radical (unpaired) electrons. The number of aliphatic hydroxyl groups is 1. The summed E-state index contributed by atoms with van der Waals surface area (Å²) in [6.45, 7) is 1.78. The second-order valence-corrected chi connectivity index (χ2v) is 4.65. The highest BCUT2D eigenvalue weighted by molar-refractivity contribution is 9.10. The molecule has 3 heteroatoms. The summed E-state index contributed by atoms with van der Waals surface area (Å²) in [4.78, 5) is 3.99. The molecular formula is C13H12BrNO. The van der Waals surface area contributed by atoms with Gasteiger partial charge in [-0.15, -0.1) is 0 Å². The Bertz CT molecular complexity index is 482. The van der Waals surface area contributed by atoms with Crippen LogP contribution in [0, 0.1) is 0 Å². The van der Waals surface area contributed by atoms with Crippen molar-refractivity contribution in [2.45, 2.75) is 12.5 Å². The van der Waals surface area contributed by atoms with Crippen LogP contribution >= 0.6 is 15.9 Å². The number of hydrogen-bond acceptors (Lipinski definition) is 2. The zero-order valence-corrected chi connectivity index (χ0v) is 10.5. The standard InChI is InChI=1S/C13H12BrNO/c1-13(16,10-5-3-2-4-6-10)11-7-8-15-9-12(11)14/h2-9,16H,1H3. The monoisotopic (exact) mass is 277 g/mol. The molecule has 1 atom stereocenters. The van der Waals surface area contributed by atoms with E-state index in [2.05, 4.69) is 20.9 Å². The van der Waals surface area contributed by atoms with Crippen molar-refractivity contribution in [1.29, 1.82) is 0 Å². The van der Waals surface area contributed by atoms with Gasteiger partial charge in [-0.1, -0.05) is 30.3 Å². The van der Waals surface area contributed by atoms with E-state index in [9.17, 15) is 5.11 Å². The smallest absolute Gasteiger partial charge is 0.113 e. The highest BCUT2D eigenvalue weighted by Crippen LogP contribution is 2.33. The van der Waals surface area contributed by atoms with Gasteiger partial charge in [0.15, 0.2) is 0 Å². The molecule has 2 aromatic rings. The zero-order valence-electron chi connectivity index (χ0n) is 8.89. The molecule has 1 aromatic carbocycles. The predicted molar refractivity (Wildman–Crippen MR) is 67.1 cm³/mol. The topological polar surface area (TPSA) is 33.1 Å². The molecule has 2 nitrogen and oxygen atoms in total. The van der Waals surface area contributed by atoms with E-state index in [0.717, 1.165) is 15.6 Å². The minimum absolute atomic E-state index is 0.809. The quantitative estimate of drug-likeness (QED) is 0.915. The fraction of sp³-hybridized carbons (Fsp3) is 0.154. The van der Waals surface area contributed by atoms with Gasteiger partial charge in [0.05, 0.1) is 0 Å². The number of aromatic nitrogens is 1. The van der Waals surface area contributed by atoms with Gasteiger partial charge in [-0.2, -0.15) is 0 Å². The number of halogens is 1. The lowest BCUT2D eigenvalue weighted by Crippen LogP contribution is -2.23. The van der Waals surface area contributed by atoms with Crippen molar-refractivity contribution in [2.24, 2.45) is 0 Å². The summed E-state index contributed by atoms with van der Waals surface area (Å²) in [6, 6.07) is 11.4. The van der Waals surface area contributed by atoms with Crippen LogP contribution in [0.25, 0.3) is 0 Å². The zero-order chi connectivity index (χ0) is 11.6. The minimum atomic E-state index is -1.01. The molecule has 0 spiro atoms. The molecule has 1 unspecified atom stereocenters. The first-order chi connectivity index (χ1) is 7.62. The minimum Gasteiger partial charge on any atom is -0.381 e. The Labute approximate surface area is 103 Å². The summed E-state index contributed by atoms with van der Waals surface area (Å²) in [5, 5.41) is 10.6. The van der Waals surface area contributed by atoms with E-state index in [4.69, 9.17) is 0 Å². The van der Waals surface area contributed by atoms with Crippen molar-refractivity contribution in [3.8, 4) is 0 Å². The lowest BCUT2D eigenvalue weighted by Gasteiger charge is -2.25. The van der Waals surface area contributed by atoms with Crippen LogP contribution in [0.3, 0.4) is 0 Å². The van der Waals surface area contributed by atoms with Crippen LogP contribution in [0.1, 0.15) is 18.1 Å². The molecule has 0 aliphatic carbocycles. The summed E-state index contributed by atoms with van der Waals surface area (Å²) in [6.07, 6.45) is 3.37. The van der Waals surface area contributed by atoms with Crippen LogP contribution in [-0.2, 0) is 5.60 Å². The average Bonchev–Trinajstić information content (AvgIpc) is 2.30. The molecule has 1 N–H and O–H groups in total. The molecule has 2 rings (SSSR count). The van der Waals surface area contributed by atoms with Crippen LogP contribution in [0.2, 0.25) is 0 Å². The van der Waals surface area contributed by atoms with Crippen molar-refractivity contribution >= 4 is 15.9 Å². The van der Waals surface area contributed by atoms with Crippen molar-refractivity contribution in [3.63, 3.8) is 0 Å². The maximum Gasteiger partial charge on any atom is 0.113 e. The molecule has 0 saturated carbocycles. The van der Waals surface area contributed by atoms with Crippen LogP contribution in [0.4, 0.5) is 0 Å². The highest BCUT2D eigenvalue weighted by Gasteiger charge is 2.27. The molecule has 0 aliphatic heterocycles. The number of rotatable bonds is 2. The van der Waals surface area contributed by atoms with E-state index in [1.807, 2.05) is 36.4 Å². The summed E-state index contributed by atoms with van der Waals surface area (Å²) >= 11 is 3.41. The van der Waals surface area contributed by atoms with Crippen LogP contribution < -0.4 is 0 Å². The van der Waals surface area contributed by atoms with Crippen LogP contribution in [-0.4, -0.2) is 10.1 Å². The van der Waals surface area contributed by atoms with Crippen molar-refractivity contribution in [3.05, 3.63) is 64.4 Å². The SMILES string of the molecule is CC(O)(c1ccccc1)c1ccncc1Br. The largest absolute Gasteiger partial charge is 0.381 e. The van der Waals surface area contributed by atoms with Gasteiger partial charge < -0.3 is 5.11 Å². The van der Waals surface area contributed by atoms with Gasteiger partial charge in [-0.3, -0.25) is 4.98 Å². The van der Waals surface area contributed by atoms with Gasteiger partial charge in [0.2, 0.25) is 0 Å². The van der Waals surface area contributed by atoms with E-state index in [-0.39, 0.29) is 0 Å². The molecule has 1 aromatic heterocycles. The molecule has 16 heavy (non-hydrogen) atoms. The van der Waals surface area contributed by atoms with E-state index < -0.39 is 5.60 Å². The van der Waals surface area contributed by atoms with E-state index in [1.165, 1.54) is 0 Å². The van der Waals surface area contributed by atoms with E-state index >= 15 is 0 Å². The fourth-order valence-corrected chi connectivity index (χ4v) is 2.32. The Morgan fingerprint density at radius 1 is 1.19 bits per heavy atom. The fourth-order valence-electron chi connectivity index (χ4n) is 1.69. The van der Waals surface area contributed by atoms with E-state index in [0.29, 0.717) is 0 Å². The predicted octanol–water partition coefficient (Wildman–Crippen LogP) is 3.10. The third-order valence-corrected chi connectivity index (χ3v) is 3.26. The molecule has 0 bridgehead atoms. The Hall–Kier alpha value is -1.19. The van der Waals surface area contributed by atoms with Gasteiger partial charge >= 0.3 is 0 Å². The number of hydrogen-bond donors (Lipinski definition) is 1. The first-order valence-electron chi connectivity index (χ1n) is 5.00. The first kappa shape index (κ1) is 11.3. The van der Waals surface area contributed by atoms with Crippen molar-refractivity contribution in [2.75, 3.05) is 0 Å². The molecule has 82 valence electrons. The highest BCUT2D eigenvalue weighted by atomic mass is 79.9. The van der Waals surface area contributed by atoms with Gasteiger partial charge in [-0.05, 0) is 34.5 Å². The van der Waals surface area contributed by atoms with Crippen LogP contribution in [0.15, 0.2) is 53.3 Å². The van der Waals surface area contributed by atoms with Crippen molar-refractivity contribution < 1.29 is 5.11 Å². The van der Waals surface area contributed by atoms with Crippen LogP contribution in [0.5, 0.6) is 0 Å². The Morgan fingerprint density at radius 3 is 2.50 bits per heavy atom. The second-order valence-electron chi connectivity index (χ2n) is 3.79. The third-order valence-electron chi connectivity index (χ3n) is 2.63. The lowest BCUT2D eigenvalue weighted by molar-refractivity contribution is 0.101. The Kier molecular flexibility index (Phi) is 3.08. The molecule has 0 aliphatic rings. The van der Waals surface area contributed by atoms with E-state index in [1.54, 1.807) is 19.3 Å².